The molecule has 1 aromatic heterocycles. The molecule has 1 N–H and O–H groups in total. The van der Waals surface area contributed by atoms with E-state index in [4.69, 9.17) is 11.6 Å². The third-order valence-corrected chi connectivity index (χ3v) is 6.78. The number of aromatic nitrogens is 2. The van der Waals surface area contributed by atoms with Gasteiger partial charge in [-0.2, -0.15) is 0 Å². The van der Waals surface area contributed by atoms with Crippen LogP contribution in [-0.2, 0) is 5.41 Å². The summed E-state index contributed by atoms with van der Waals surface area (Å²) in [6.07, 6.45) is 6.78. The quantitative estimate of drug-likeness (QED) is 0.706. The third kappa shape index (κ3) is 3.99. The summed E-state index contributed by atoms with van der Waals surface area (Å²) in [5, 5.41) is 3.87. The van der Waals surface area contributed by atoms with E-state index in [1.54, 1.807) is 12.5 Å². The average Bonchev–Trinajstić information content (AvgIpc) is 3.04. The van der Waals surface area contributed by atoms with Crippen LogP contribution in [0.15, 0.2) is 43.4 Å². The van der Waals surface area contributed by atoms with Gasteiger partial charge in [-0.3, -0.25) is 0 Å². The molecule has 2 aromatic rings. The van der Waals surface area contributed by atoms with Crippen molar-refractivity contribution in [3.63, 3.8) is 0 Å². The molecule has 0 bridgehead atoms. The molecule has 0 amide bonds. The van der Waals surface area contributed by atoms with Crippen molar-refractivity contribution in [3.05, 3.63) is 54.0 Å². The third-order valence-electron chi connectivity index (χ3n) is 6.54. The molecule has 1 spiro atoms. The van der Waals surface area contributed by atoms with Crippen molar-refractivity contribution in [1.29, 1.82) is 0 Å². The summed E-state index contributed by atoms with van der Waals surface area (Å²) in [7, 11) is 0. The van der Waals surface area contributed by atoms with E-state index >= 15 is 0 Å². The van der Waals surface area contributed by atoms with E-state index in [1.807, 2.05) is 12.1 Å². The second kappa shape index (κ2) is 8.33. The molecule has 2 aliphatic heterocycles. The molecule has 154 valence electrons. The second-order valence-electron chi connectivity index (χ2n) is 8.45. The number of nitrogens with one attached hydrogen (secondary N) is 1. The second-order valence-corrected chi connectivity index (χ2v) is 8.89. The van der Waals surface area contributed by atoms with Crippen molar-refractivity contribution in [1.82, 2.24) is 14.9 Å². The van der Waals surface area contributed by atoms with Gasteiger partial charge in [-0.15, -0.1) is 0 Å². The van der Waals surface area contributed by atoms with E-state index in [9.17, 15) is 0 Å². The van der Waals surface area contributed by atoms with Crippen LogP contribution in [0, 0.1) is 5.92 Å². The zero-order valence-electron chi connectivity index (χ0n) is 17.4. The summed E-state index contributed by atoms with van der Waals surface area (Å²) in [5.41, 5.74) is 2.71. The molecule has 2 aliphatic rings. The zero-order chi connectivity index (χ0) is 20.4. The maximum atomic E-state index is 6.43. The number of halogens is 1. The SMILES string of the molecule is C=CNc1cc(N2CC3(CCN(CC(C)CC)CC3)c3cc(Cl)ccc32)ncn1. The van der Waals surface area contributed by atoms with E-state index in [2.05, 4.69) is 57.6 Å². The first kappa shape index (κ1) is 20.2. The Kier molecular flexibility index (Phi) is 5.79. The number of fused-ring (bicyclic) bond motifs is 2. The van der Waals surface area contributed by atoms with E-state index in [0.29, 0.717) is 0 Å². The molecule has 5 nitrogen and oxygen atoms in total. The molecule has 1 fully saturated rings. The average molecular weight is 412 g/mol. The lowest BCUT2D eigenvalue weighted by Crippen LogP contribution is -2.45. The molecule has 0 aliphatic carbocycles. The number of nitrogens with zero attached hydrogens (tertiary/aromatic N) is 4. The van der Waals surface area contributed by atoms with Gasteiger partial charge >= 0.3 is 0 Å². The van der Waals surface area contributed by atoms with Gasteiger partial charge in [0.1, 0.15) is 18.0 Å². The number of hydrogen-bond donors (Lipinski definition) is 1. The molecule has 1 unspecified atom stereocenters. The molecule has 1 atom stereocenters. The zero-order valence-corrected chi connectivity index (χ0v) is 18.1. The van der Waals surface area contributed by atoms with Gasteiger partial charge in [0.25, 0.3) is 0 Å². The Morgan fingerprint density at radius 1 is 1.28 bits per heavy atom. The standard InChI is InChI=1S/C23H30ClN5/c1-4-17(3)14-28-10-8-23(9-11-28)15-29(20-7-6-18(24)12-19(20)23)22-13-21(25-5-2)26-16-27-22/h5-7,12-13,16-17H,2,4,8-11,14-15H2,1,3H3,(H,25,26,27). The predicted molar refractivity (Wildman–Crippen MR) is 121 cm³/mol. The summed E-state index contributed by atoms with van der Waals surface area (Å²) in [5.74, 6) is 2.42. The van der Waals surface area contributed by atoms with E-state index in [1.165, 1.54) is 24.2 Å². The molecule has 0 saturated carbocycles. The van der Waals surface area contributed by atoms with Gasteiger partial charge in [0.05, 0.1) is 0 Å². The van der Waals surface area contributed by atoms with Crippen LogP contribution in [-0.4, -0.2) is 41.0 Å². The number of hydrogen-bond acceptors (Lipinski definition) is 5. The summed E-state index contributed by atoms with van der Waals surface area (Å²) >= 11 is 6.43. The molecule has 6 heteroatoms. The van der Waals surface area contributed by atoms with Crippen LogP contribution in [0.1, 0.15) is 38.7 Å². The topological polar surface area (TPSA) is 44.3 Å². The fourth-order valence-corrected chi connectivity index (χ4v) is 4.86. The Morgan fingerprint density at radius 3 is 2.79 bits per heavy atom. The minimum absolute atomic E-state index is 0.128. The Labute approximate surface area is 178 Å². The fraction of sp³-hybridized carbons (Fsp3) is 0.478. The molecule has 3 heterocycles. The molecule has 29 heavy (non-hydrogen) atoms. The van der Waals surface area contributed by atoms with Crippen molar-refractivity contribution >= 4 is 28.9 Å². The van der Waals surface area contributed by atoms with E-state index < -0.39 is 0 Å². The van der Waals surface area contributed by atoms with Crippen LogP contribution >= 0.6 is 11.6 Å². The first-order valence-corrected chi connectivity index (χ1v) is 10.9. The van der Waals surface area contributed by atoms with Gasteiger partial charge < -0.3 is 15.1 Å². The summed E-state index contributed by atoms with van der Waals surface area (Å²) < 4.78 is 0. The maximum absolute atomic E-state index is 6.43. The minimum atomic E-state index is 0.128. The van der Waals surface area contributed by atoms with Crippen LogP contribution in [0.3, 0.4) is 0 Å². The highest BCUT2D eigenvalue weighted by Crippen LogP contribution is 2.50. The molecular formula is C23H30ClN5. The van der Waals surface area contributed by atoms with Gasteiger partial charge in [-0.25, -0.2) is 9.97 Å². The Morgan fingerprint density at radius 2 is 2.07 bits per heavy atom. The predicted octanol–water partition coefficient (Wildman–Crippen LogP) is 5.22. The maximum Gasteiger partial charge on any atom is 0.138 e. The van der Waals surface area contributed by atoms with E-state index in [0.717, 1.165) is 55.1 Å². The van der Waals surface area contributed by atoms with Crippen molar-refractivity contribution in [2.45, 2.75) is 38.5 Å². The van der Waals surface area contributed by atoms with E-state index in [-0.39, 0.29) is 5.41 Å². The smallest absolute Gasteiger partial charge is 0.138 e. The first-order valence-electron chi connectivity index (χ1n) is 10.5. The van der Waals surface area contributed by atoms with Crippen molar-refractivity contribution < 1.29 is 0 Å². The largest absolute Gasteiger partial charge is 0.347 e. The Bertz CT molecular complexity index is 875. The van der Waals surface area contributed by atoms with Crippen molar-refractivity contribution in [2.24, 2.45) is 5.92 Å². The number of likely N-dealkylation sites (tertiary alicyclic amines) is 1. The monoisotopic (exact) mass is 411 g/mol. The fourth-order valence-electron chi connectivity index (χ4n) is 4.68. The lowest BCUT2D eigenvalue weighted by Gasteiger charge is -2.40. The van der Waals surface area contributed by atoms with Crippen LogP contribution < -0.4 is 10.2 Å². The number of rotatable bonds is 6. The van der Waals surface area contributed by atoms with Gasteiger partial charge in [0, 0.05) is 35.3 Å². The van der Waals surface area contributed by atoms with Crippen LogP contribution in [0.25, 0.3) is 0 Å². The van der Waals surface area contributed by atoms with Crippen LogP contribution in [0.5, 0.6) is 0 Å². The van der Waals surface area contributed by atoms with Crippen molar-refractivity contribution in [2.75, 3.05) is 36.4 Å². The van der Waals surface area contributed by atoms with Gasteiger partial charge in [0.15, 0.2) is 0 Å². The normalized spacial score (nSPS) is 19.2. The highest BCUT2D eigenvalue weighted by molar-refractivity contribution is 6.30. The van der Waals surface area contributed by atoms with Crippen molar-refractivity contribution in [3.8, 4) is 0 Å². The summed E-state index contributed by atoms with van der Waals surface area (Å²) in [4.78, 5) is 13.8. The molecular weight excluding hydrogens is 382 g/mol. The molecule has 4 rings (SSSR count). The number of piperidine rings is 1. The minimum Gasteiger partial charge on any atom is -0.347 e. The first-order chi connectivity index (χ1) is 14.0. The number of benzene rings is 1. The van der Waals surface area contributed by atoms with Gasteiger partial charge in [-0.05, 0) is 61.8 Å². The lowest BCUT2D eigenvalue weighted by atomic mass is 9.74. The molecule has 1 saturated heterocycles. The van der Waals surface area contributed by atoms with Crippen LogP contribution in [0.4, 0.5) is 17.3 Å². The number of anilines is 3. The Balaban J connectivity index is 1.62. The van der Waals surface area contributed by atoms with Crippen LogP contribution in [0.2, 0.25) is 5.02 Å². The highest BCUT2D eigenvalue weighted by atomic mass is 35.5. The summed E-state index contributed by atoms with van der Waals surface area (Å²) in [6, 6.07) is 8.28. The molecule has 1 aromatic carbocycles. The highest BCUT2D eigenvalue weighted by Gasteiger charge is 2.45. The summed E-state index contributed by atoms with van der Waals surface area (Å²) in [6.45, 7) is 12.8. The lowest BCUT2D eigenvalue weighted by molar-refractivity contribution is 0.148. The van der Waals surface area contributed by atoms with Gasteiger partial charge in [-0.1, -0.05) is 38.4 Å². The molecule has 0 radical (unpaired) electrons. The van der Waals surface area contributed by atoms with Gasteiger partial charge in [0.2, 0.25) is 0 Å². The Hall–Kier alpha value is -2.11.